The maximum absolute atomic E-state index is 11.3. The van der Waals surface area contributed by atoms with E-state index in [1.165, 1.54) is 5.56 Å². The fraction of sp³-hybridized carbons (Fsp3) is 0.400. The van der Waals surface area contributed by atoms with Gasteiger partial charge >= 0.3 is 0 Å². The molecule has 20 heavy (non-hydrogen) atoms. The molecule has 106 valence electrons. The number of hydrazone groups is 1. The van der Waals surface area contributed by atoms with Gasteiger partial charge in [-0.25, -0.2) is 0 Å². The van der Waals surface area contributed by atoms with Crippen molar-refractivity contribution in [3.8, 4) is 0 Å². The SMILES string of the molecule is O=C1CCC/C(=N\NC(=S)NCCc2ccccc2)C1. The summed E-state index contributed by atoms with van der Waals surface area (Å²) in [5, 5.41) is 7.82. The summed E-state index contributed by atoms with van der Waals surface area (Å²) in [7, 11) is 0. The summed E-state index contributed by atoms with van der Waals surface area (Å²) in [5.41, 5.74) is 4.98. The summed E-state index contributed by atoms with van der Waals surface area (Å²) in [6.07, 6.45) is 3.83. The number of nitrogens with one attached hydrogen (secondary N) is 2. The van der Waals surface area contributed by atoms with E-state index in [0.717, 1.165) is 31.5 Å². The highest BCUT2D eigenvalue weighted by atomic mass is 32.1. The minimum atomic E-state index is 0.264. The molecule has 0 spiro atoms. The van der Waals surface area contributed by atoms with Gasteiger partial charge in [-0.15, -0.1) is 0 Å². The third kappa shape index (κ3) is 5.09. The van der Waals surface area contributed by atoms with Gasteiger partial charge < -0.3 is 5.32 Å². The van der Waals surface area contributed by atoms with Gasteiger partial charge in [0.15, 0.2) is 5.11 Å². The highest BCUT2D eigenvalue weighted by molar-refractivity contribution is 7.80. The zero-order valence-electron chi connectivity index (χ0n) is 11.4. The average molecular weight is 289 g/mol. The van der Waals surface area contributed by atoms with Crippen molar-refractivity contribution in [2.45, 2.75) is 32.1 Å². The number of nitrogens with zero attached hydrogens (tertiary/aromatic N) is 1. The molecule has 2 rings (SSSR count). The summed E-state index contributed by atoms with van der Waals surface area (Å²) < 4.78 is 0. The molecule has 1 aliphatic rings. The number of rotatable bonds is 4. The van der Waals surface area contributed by atoms with Crippen LogP contribution in [0.4, 0.5) is 0 Å². The summed E-state index contributed by atoms with van der Waals surface area (Å²) in [6.45, 7) is 0.764. The van der Waals surface area contributed by atoms with E-state index in [1.54, 1.807) is 0 Å². The highest BCUT2D eigenvalue weighted by Gasteiger charge is 2.14. The van der Waals surface area contributed by atoms with Crippen LogP contribution in [0.15, 0.2) is 35.4 Å². The molecule has 0 heterocycles. The van der Waals surface area contributed by atoms with E-state index in [1.807, 2.05) is 18.2 Å². The van der Waals surface area contributed by atoms with Crippen molar-refractivity contribution >= 4 is 28.8 Å². The maximum atomic E-state index is 11.3. The Bertz CT molecular complexity index is 499. The van der Waals surface area contributed by atoms with Gasteiger partial charge in [-0.05, 0) is 37.0 Å². The molecule has 0 radical (unpaired) electrons. The second-order valence-corrected chi connectivity index (χ2v) is 5.26. The third-order valence-electron chi connectivity index (χ3n) is 3.18. The van der Waals surface area contributed by atoms with Crippen molar-refractivity contribution in [2.24, 2.45) is 5.10 Å². The van der Waals surface area contributed by atoms with Gasteiger partial charge in [0, 0.05) is 25.1 Å². The second kappa shape index (κ2) is 7.75. The van der Waals surface area contributed by atoms with Crippen LogP contribution < -0.4 is 10.7 Å². The van der Waals surface area contributed by atoms with Crippen LogP contribution in [0.25, 0.3) is 0 Å². The van der Waals surface area contributed by atoms with Gasteiger partial charge in [0.05, 0.1) is 0 Å². The summed E-state index contributed by atoms with van der Waals surface area (Å²) in [5.74, 6) is 0.264. The number of Topliss-reactive ketones (excluding diaryl/α,β-unsaturated/α-hetero) is 1. The monoisotopic (exact) mass is 289 g/mol. The molecule has 4 nitrogen and oxygen atoms in total. The van der Waals surface area contributed by atoms with Crippen LogP contribution in [-0.2, 0) is 11.2 Å². The largest absolute Gasteiger partial charge is 0.361 e. The molecule has 1 aliphatic carbocycles. The Morgan fingerprint density at radius 3 is 2.80 bits per heavy atom. The molecule has 0 saturated heterocycles. The lowest BCUT2D eigenvalue weighted by molar-refractivity contribution is -0.118. The molecule has 0 atom stereocenters. The molecule has 1 aromatic carbocycles. The molecule has 1 fully saturated rings. The number of ketones is 1. The van der Waals surface area contributed by atoms with Crippen molar-refractivity contribution < 1.29 is 4.79 Å². The van der Waals surface area contributed by atoms with Gasteiger partial charge in [0.1, 0.15) is 5.78 Å². The number of carbonyl (C=O) groups excluding carboxylic acids is 1. The summed E-state index contributed by atoms with van der Waals surface area (Å²) in [6, 6.07) is 10.2. The van der Waals surface area contributed by atoms with Crippen molar-refractivity contribution in [2.75, 3.05) is 6.54 Å². The number of hydrogen-bond donors (Lipinski definition) is 2. The third-order valence-corrected chi connectivity index (χ3v) is 3.42. The van der Waals surface area contributed by atoms with Crippen molar-refractivity contribution in [1.82, 2.24) is 10.7 Å². The smallest absolute Gasteiger partial charge is 0.186 e. The first kappa shape index (κ1) is 14.7. The number of benzene rings is 1. The molecule has 0 bridgehead atoms. The normalized spacial score (nSPS) is 17.0. The van der Waals surface area contributed by atoms with Gasteiger partial charge in [-0.3, -0.25) is 10.2 Å². The topological polar surface area (TPSA) is 53.5 Å². The van der Waals surface area contributed by atoms with E-state index in [0.29, 0.717) is 18.0 Å². The quantitative estimate of drug-likeness (QED) is 0.659. The Kier molecular flexibility index (Phi) is 5.68. The van der Waals surface area contributed by atoms with Crippen molar-refractivity contribution in [1.29, 1.82) is 0 Å². The minimum Gasteiger partial charge on any atom is -0.361 e. The summed E-state index contributed by atoms with van der Waals surface area (Å²) in [4.78, 5) is 11.3. The predicted octanol–water partition coefficient (Wildman–Crippen LogP) is 2.19. The first-order chi connectivity index (χ1) is 9.74. The highest BCUT2D eigenvalue weighted by Crippen LogP contribution is 2.11. The fourth-order valence-corrected chi connectivity index (χ4v) is 2.27. The van der Waals surface area contributed by atoms with Crippen LogP contribution in [0.2, 0.25) is 0 Å². The molecule has 5 heteroatoms. The Balaban J connectivity index is 1.68. The molecule has 1 saturated carbocycles. The van der Waals surface area contributed by atoms with Crippen LogP contribution in [0, 0.1) is 0 Å². The lowest BCUT2D eigenvalue weighted by atomic mass is 9.97. The number of thiocarbonyl (C=S) groups is 1. The van der Waals surface area contributed by atoms with E-state index in [-0.39, 0.29) is 5.78 Å². The van der Waals surface area contributed by atoms with E-state index < -0.39 is 0 Å². The van der Waals surface area contributed by atoms with Gasteiger partial charge in [-0.2, -0.15) is 5.10 Å². The maximum Gasteiger partial charge on any atom is 0.186 e. The molecular weight excluding hydrogens is 270 g/mol. The van der Waals surface area contributed by atoms with E-state index in [4.69, 9.17) is 12.2 Å². The van der Waals surface area contributed by atoms with Crippen LogP contribution >= 0.6 is 12.2 Å². The van der Waals surface area contributed by atoms with E-state index in [9.17, 15) is 4.79 Å². The van der Waals surface area contributed by atoms with Crippen LogP contribution in [0.5, 0.6) is 0 Å². The Morgan fingerprint density at radius 2 is 2.05 bits per heavy atom. The van der Waals surface area contributed by atoms with Gasteiger partial charge in [-0.1, -0.05) is 30.3 Å². The molecule has 0 unspecified atom stereocenters. The minimum absolute atomic E-state index is 0.264. The number of carbonyl (C=O) groups is 1. The van der Waals surface area contributed by atoms with Gasteiger partial charge in [0.25, 0.3) is 0 Å². The molecular formula is C15H19N3OS. The van der Waals surface area contributed by atoms with E-state index in [2.05, 4.69) is 28.0 Å². The zero-order chi connectivity index (χ0) is 14.2. The average Bonchev–Trinajstić information content (AvgIpc) is 2.46. The summed E-state index contributed by atoms with van der Waals surface area (Å²) >= 11 is 5.15. The van der Waals surface area contributed by atoms with Crippen LogP contribution in [0.1, 0.15) is 31.2 Å². The molecule has 1 aromatic rings. The van der Waals surface area contributed by atoms with Crippen molar-refractivity contribution in [3.05, 3.63) is 35.9 Å². The zero-order valence-corrected chi connectivity index (χ0v) is 12.2. The first-order valence-corrected chi connectivity index (χ1v) is 7.30. The molecule has 0 amide bonds. The van der Waals surface area contributed by atoms with E-state index >= 15 is 0 Å². The molecule has 0 aromatic heterocycles. The Labute approximate surface area is 124 Å². The second-order valence-electron chi connectivity index (χ2n) is 4.85. The lowest BCUT2D eigenvalue weighted by Gasteiger charge is -2.12. The molecule has 0 aliphatic heterocycles. The first-order valence-electron chi connectivity index (χ1n) is 6.89. The van der Waals surface area contributed by atoms with Crippen LogP contribution in [0.3, 0.4) is 0 Å². The van der Waals surface area contributed by atoms with Crippen LogP contribution in [-0.4, -0.2) is 23.2 Å². The predicted molar refractivity (Wildman–Crippen MR) is 84.8 cm³/mol. The van der Waals surface area contributed by atoms with Gasteiger partial charge in [0.2, 0.25) is 0 Å². The van der Waals surface area contributed by atoms with Crippen molar-refractivity contribution in [3.63, 3.8) is 0 Å². The Morgan fingerprint density at radius 1 is 1.25 bits per heavy atom. The number of hydrogen-bond acceptors (Lipinski definition) is 3. The standard InChI is InChI=1S/C15H19N3OS/c19-14-8-4-7-13(11-14)17-18-15(20)16-10-9-12-5-2-1-3-6-12/h1-3,5-6H,4,7-11H2,(H2,16,18,20)/b17-13+. The lowest BCUT2D eigenvalue weighted by Crippen LogP contribution is -2.34. The fourth-order valence-electron chi connectivity index (χ4n) is 2.12. The Hall–Kier alpha value is -1.75. The molecule has 2 N–H and O–H groups in total.